The van der Waals surface area contributed by atoms with Gasteiger partial charge in [0.2, 0.25) is 5.91 Å². The molecule has 31 heavy (non-hydrogen) atoms. The Balaban J connectivity index is 1.68. The number of rotatable bonds is 7. The summed E-state index contributed by atoms with van der Waals surface area (Å²) in [6.45, 7) is 4.71. The van der Waals surface area contributed by atoms with Crippen LogP contribution in [0.2, 0.25) is 0 Å². The van der Waals surface area contributed by atoms with Crippen molar-refractivity contribution < 1.29 is 18.8 Å². The van der Waals surface area contributed by atoms with Gasteiger partial charge in [0, 0.05) is 19.1 Å². The molecular weight excluding hydrogens is 417 g/mol. The standard InChI is InChI=1S/C23H28FN3O3S/c1-3-15(2)25-22(29)20(26-21(28)19-9-6-14-31-19)16-10-12-27(13-11-16)23(30)17-7-4-5-8-18(17)24/h4-9,14-16,20H,3,10-13H2,1-2H3,(H,25,29)(H,26,28)/t15-,20-/m0/s1. The van der Waals surface area contributed by atoms with E-state index >= 15 is 0 Å². The van der Waals surface area contributed by atoms with Gasteiger partial charge in [-0.1, -0.05) is 25.1 Å². The van der Waals surface area contributed by atoms with Gasteiger partial charge < -0.3 is 15.5 Å². The van der Waals surface area contributed by atoms with E-state index in [0.717, 1.165) is 6.42 Å². The topological polar surface area (TPSA) is 78.5 Å². The van der Waals surface area contributed by atoms with Crippen LogP contribution in [-0.4, -0.2) is 47.8 Å². The third-order valence-corrected chi connectivity index (χ3v) is 6.59. The number of nitrogens with zero attached hydrogens (tertiary/aromatic N) is 1. The summed E-state index contributed by atoms with van der Waals surface area (Å²) in [4.78, 5) is 40.4. The van der Waals surface area contributed by atoms with Crippen molar-refractivity contribution in [1.82, 2.24) is 15.5 Å². The number of benzene rings is 1. The van der Waals surface area contributed by atoms with Crippen LogP contribution in [0.1, 0.15) is 53.1 Å². The average molecular weight is 446 g/mol. The lowest BCUT2D eigenvalue weighted by molar-refractivity contribution is -0.125. The maximum Gasteiger partial charge on any atom is 0.262 e. The van der Waals surface area contributed by atoms with Crippen LogP contribution in [0.4, 0.5) is 4.39 Å². The minimum absolute atomic E-state index is 0.00337. The molecule has 6 nitrogen and oxygen atoms in total. The first-order chi connectivity index (χ1) is 14.9. The summed E-state index contributed by atoms with van der Waals surface area (Å²) in [6, 6.07) is 8.77. The molecule has 0 radical (unpaired) electrons. The molecule has 1 aromatic carbocycles. The highest BCUT2D eigenvalue weighted by molar-refractivity contribution is 7.12. The second-order valence-corrected chi connectivity index (χ2v) is 8.80. The maximum absolute atomic E-state index is 14.0. The Labute approximate surface area is 185 Å². The number of nitrogens with one attached hydrogen (secondary N) is 2. The van der Waals surface area contributed by atoms with E-state index in [2.05, 4.69) is 10.6 Å². The summed E-state index contributed by atoms with van der Waals surface area (Å²) in [5, 5.41) is 7.68. The molecule has 166 valence electrons. The monoisotopic (exact) mass is 445 g/mol. The second-order valence-electron chi connectivity index (χ2n) is 7.86. The molecule has 0 saturated carbocycles. The first kappa shape index (κ1) is 22.9. The zero-order valence-electron chi connectivity index (χ0n) is 17.8. The molecule has 1 aromatic heterocycles. The quantitative estimate of drug-likeness (QED) is 0.685. The van der Waals surface area contributed by atoms with Crippen molar-refractivity contribution >= 4 is 29.1 Å². The molecule has 0 aliphatic carbocycles. The molecule has 0 unspecified atom stereocenters. The molecule has 1 saturated heterocycles. The zero-order chi connectivity index (χ0) is 22.4. The highest BCUT2D eigenvalue weighted by atomic mass is 32.1. The van der Waals surface area contributed by atoms with Gasteiger partial charge >= 0.3 is 0 Å². The van der Waals surface area contributed by atoms with Gasteiger partial charge in [-0.25, -0.2) is 4.39 Å². The summed E-state index contributed by atoms with van der Waals surface area (Å²) in [5.41, 5.74) is 0.0537. The Morgan fingerprint density at radius 2 is 1.84 bits per heavy atom. The molecule has 2 N–H and O–H groups in total. The fourth-order valence-electron chi connectivity index (χ4n) is 3.69. The van der Waals surface area contributed by atoms with E-state index in [-0.39, 0.29) is 35.2 Å². The van der Waals surface area contributed by atoms with Gasteiger partial charge in [-0.2, -0.15) is 0 Å². The minimum Gasteiger partial charge on any atom is -0.352 e. The van der Waals surface area contributed by atoms with Crippen LogP contribution >= 0.6 is 11.3 Å². The molecule has 1 aliphatic rings. The van der Waals surface area contributed by atoms with Gasteiger partial charge in [0.05, 0.1) is 10.4 Å². The smallest absolute Gasteiger partial charge is 0.262 e. The van der Waals surface area contributed by atoms with Gasteiger partial charge in [-0.3, -0.25) is 14.4 Å². The molecule has 2 heterocycles. The Morgan fingerprint density at radius 3 is 2.45 bits per heavy atom. The van der Waals surface area contributed by atoms with Crippen molar-refractivity contribution in [3.05, 3.63) is 58.0 Å². The van der Waals surface area contributed by atoms with E-state index in [1.807, 2.05) is 19.2 Å². The highest BCUT2D eigenvalue weighted by Crippen LogP contribution is 2.24. The van der Waals surface area contributed by atoms with Crippen molar-refractivity contribution in [2.24, 2.45) is 5.92 Å². The molecule has 2 aromatic rings. The molecule has 1 fully saturated rings. The summed E-state index contributed by atoms with van der Waals surface area (Å²) in [7, 11) is 0. The Kier molecular flexibility index (Phi) is 7.79. The van der Waals surface area contributed by atoms with Gasteiger partial charge in [-0.15, -0.1) is 11.3 Å². The fraction of sp³-hybridized carbons (Fsp3) is 0.435. The van der Waals surface area contributed by atoms with Crippen LogP contribution in [0.15, 0.2) is 41.8 Å². The van der Waals surface area contributed by atoms with E-state index in [9.17, 15) is 18.8 Å². The number of piperidine rings is 1. The summed E-state index contributed by atoms with van der Waals surface area (Å²) in [5.74, 6) is -1.48. The van der Waals surface area contributed by atoms with E-state index < -0.39 is 11.9 Å². The summed E-state index contributed by atoms with van der Waals surface area (Å²) < 4.78 is 14.0. The van der Waals surface area contributed by atoms with Crippen LogP contribution in [0.3, 0.4) is 0 Å². The Morgan fingerprint density at radius 1 is 1.13 bits per heavy atom. The number of carbonyl (C=O) groups excluding carboxylic acids is 3. The van der Waals surface area contributed by atoms with Crippen molar-refractivity contribution in [2.45, 2.75) is 45.2 Å². The lowest BCUT2D eigenvalue weighted by Gasteiger charge is -2.36. The largest absolute Gasteiger partial charge is 0.352 e. The first-order valence-corrected chi connectivity index (χ1v) is 11.5. The lowest BCUT2D eigenvalue weighted by Crippen LogP contribution is -2.55. The average Bonchev–Trinajstić information content (AvgIpc) is 3.32. The number of hydrogen-bond acceptors (Lipinski definition) is 4. The fourth-order valence-corrected chi connectivity index (χ4v) is 4.32. The van der Waals surface area contributed by atoms with Crippen molar-refractivity contribution in [1.29, 1.82) is 0 Å². The van der Waals surface area contributed by atoms with Crippen molar-refractivity contribution in [3.63, 3.8) is 0 Å². The van der Waals surface area contributed by atoms with Gasteiger partial charge in [0.15, 0.2) is 0 Å². The third-order valence-electron chi connectivity index (χ3n) is 5.72. The predicted octanol–water partition coefficient (Wildman–Crippen LogP) is 3.45. The van der Waals surface area contributed by atoms with E-state index in [0.29, 0.717) is 30.8 Å². The molecule has 8 heteroatoms. The van der Waals surface area contributed by atoms with Gasteiger partial charge in [0.25, 0.3) is 11.8 Å². The molecule has 2 atom stereocenters. The number of halogens is 1. The van der Waals surface area contributed by atoms with E-state index in [4.69, 9.17) is 0 Å². The number of likely N-dealkylation sites (tertiary alicyclic amines) is 1. The molecule has 0 bridgehead atoms. The highest BCUT2D eigenvalue weighted by Gasteiger charge is 2.35. The number of carbonyl (C=O) groups is 3. The lowest BCUT2D eigenvalue weighted by atomic mass is 9.88. The normalized spacial score (nSPS) is 16.4. The molecular formula is C23H28FN3O3S. The maximum atomic E-state index is 14.0. The van der Waals surface area contributed by atoms with E-state index in [1.165, 1.54) is 23.5 Å². The van der Waals surface area contributed by atoms with Crippen LogP contribution < -0.4 is 10.6 Å². The van der Waals surface area contributed by atoms with Crippen LogP contribution in [0.25, 0.3) is 0 Å². The van der Waals surface area contributed by atoms with Crippen molar-refractivity contribution in [2.75, 3.05) is 13.1 Å². The van der Waals surface area contributed by atoms with Gasteiger partial charge in [-0.05, 0) is 55.7 Å². The molecule has 1 aliphatic heterocycles. The SMILES string of the molecule is CC[C@H](C)NC(=O)[C@@H](NC(=O)c1cccs1)C1CCN(C(=O)c2ccccc2F)CC1. The Bertz CT molecular complexity index is 911. The molecule has 3 amide bonds. The summed E-state index contributed by atoms with van der Waals surface area (Å²) >= 11 is 1.32. The zero-order valence-corrected chi connectivity index (χ0v) is 18.6. The minimum atomic E-state index is -0.686. The second kappa shape index (κ2) is 10.5. The number of hydrogen-bond donors (Lipinski definition) is 2. The first-order valence-electron chi connectivity index (χ1n) is 10.6. The Hall–Kier alpha value is -2.74. The molecule has 0 spiro atoms. The predicted molar refractivity (Wildman–Crippen MR) is 118 cm³/mol. The van der Waals surface area contributed by atoms with E-state index in [1.54, 1.807) is 29.2 Å². The third kappa shape index (κ3) is 5.70. The van der Waals surface area contributed by atoms with Gasteiger partial charge in [0.1, 0.15) is 11.9 Å². The summed E-state index contributed by atoms with van der Waals surface area (Å²) in [6.07, 6.45) is 1.87. The van der Waals surface area contributed by atoms with Crippen LogP contribution in [0, 0.1) is 11.7 Å². The van der Waals surface area contributed by atoms with Crippen LogP contribution in [-0.2, 0) is 4.79 Å². The van der Waals surface area contributed by atoms with Crippen LogP contribution in [0.5, 0.6) is 0 Å². The molecule has 3 rings (SSSR count). The van der Waals surface area contributed by atoms with Crippen molar-refractivity contribution in [3.8, 4) is 0 Å². The number of amides is 3. The number of thiophene rings is 1.